The summed E-state index contributed by atoms with van der Waals surface area (Å²) in [5, 5.41) is 0. The van der Waals surface area contributed by atoms with Gasteiger partial charge in [0, 0.05) is 10.5 Å². The van der Waals surface area contributed by atoms with Crippen molar-refractivity contribution in [1.29, 1.82) is 0 Å². The Morgan fingerprint density at radius 2 is 2.00 bits per heavy atom. The van der Waals surface area contributed by atoms with Crippen molar-refractivity contribution in [3.05, 3.63) is 33.8 Å². The van der Waals surface area contributed by atoms with E-state index in [1.165, 1.54) is 47.7 Å². The third-order valence-electron chi connectivity index (χ3n) is 3.92. The molecule has 17 heavy (non-hydrogen) atoms. The average Bonchev–Trinajstić information content (AvgIpc) is 2.34. The van der Waals surface area contributed by atoms with Crippen molar-refractivity contribution in [2.45, 2.75) is 51.5 Å². The Hall–Kier alpha value is -0.340. The van der Waals surface area contributed by atoms with Gasteiger partial charge < -0.3 is 5.73 Å². The maximum atomic E-state index is 6.33. The van der Waals surface area contributed by atoms with Crippen LogP contribution in [0, 0.1) is 12.8 Å². The Balaban J connectivity index is 1.98. The molecule has 1 unspecified atom stereocenters. The second-order valence-corrected chi connectivity index (χ2v) is 6.21. The molecular weight excluding hydrogens is 274 g/mol. The lowest BCUT2D eigenvalue weighted by atomic mass is 9.83. The van der Waals surface area contributed by atoms with Crippen molar-refractivity contribution in [3.8, 4) is 0 Å². The molecule has 1 saturated carbocycles. The smallest absolute Gasteiger partial charge is 0.0297 e. The van der Waals surface area contributed by atoms with Gasteiger partial charge in [0.2, 0.25) is 0 Å². The average molecular weight is 296 g/mol. The molecule has 2 N–H and O–H groups in total. The van der Waals surface area contributed by atoms with E-state index in [0.717, 1.165) is 12.3 Å². The van der Waals surface area contributed by atoms with Gasteiger partial charge in [-0.05, 0) is 36.5 Å². The van der Waals surface area contributed by atoms with E-state index < -0.39 is 0 Å². The molecule has 1 aromatic rings. The van der Waals surface area contributed by atoms with Crippen molar-refractivity contribution in [2.24, 2.45) is 11.7 Å². The lowest BCUT2D eigenvalue weighted by molar-refractivity contribution is 0.319. The third-order valence-corrected chi connectivity index (χ3v) is 4.81. The van der Waals surface area contributed by atoms with Crippen LogP contribution in [-0.2, 0) is 0 Å². The van der Waals surface area contributed by atoms with E-state index in [4.69, 9.17) is 5.73 Å². The van der Waals surface area contributed by atoms with Crippen LogP contribution < -0.4 is 5.73 Å². The van der Waals surface area contributed by atoms with Crippen LogP contribution in [0.2, 0.25) is 0 Å². The summed E-state index contributed by atoms with van der Waals surface area (Å²) < 4.78 is 1.17. The summed E-state index contributed by atoms with van der Waals surface area (Å²) in [6.45, 7) is 2.13. The van der Waals surface area contributed by atoms with Gasteiger partial charge >= 0.3 is 0 Å². The first-order chi connectivity index (χ1) is 8.16. The quantitative estimate of drug-likeness (QED) is 0.857. The molecule has 1 fully saturated rings. The van der Waals surface area contributed by atoms with Gasteiger partial charge in [-0.2, -0.15) is 0 Å². The number of halogens is 1. The van der Waals surface area contributed by atoms with Gasteiger partial charge in [0.15, 0.2) is 0 Å². The first-order valence-corrected chi connectivity index (χ1v) is 7.48. The van der Waals surface area contributed by atoms with Gasteiger partial charge in [-0.1, -0.05) is 60.2 Å². The van der Waals surface area contributed by atoms with Crippen LogP contribution in [0.15, 0.2) is 22.7 Å². The summed E-state index contributed by atoms with van der Waals surface area (Å²) in [6, 6.07) is 6.71. The van der Waals surface area contributed by atoms with Gasteiger partial charge in [0.05, 0.1) is 0 Å². The lowest BCUT2D eigenvalue weighted by Gasteiger charge is -2.25. The van der Waals surface area contributed by atoms with E-state index in [2.05, 4.69) is 41.1 Å². The molecule has 1 nitrogen and oxygen atoms in total. The molecule has 2 rings (SSSR count). The number of benzene rings is 1. The summed E-state index contributed by atoms with van der Waals surface area (Å²) in [5.41, 5.74) is 8.90. The highest BCUT2D eigenvalue weighted by molar-refractivity contribution is 9.10. The fourth-order valence-corrected chi connectivity index (χ4v) is 3.06. The highest BCUT2D eigenvalue weighted by atomic mass is 79.9. The lowest BCUT2D eigenvalue weighted by Crippen LogP contribution is -2.17. The van der Waals surface area contributed by atoms with Crippen molar-refractivity contribution < 1.29 is 0 Å². The number of aryl methyl sites for hydroxylation is 1. The third kappa shape index (κ3) is 3.56. The van der Waals surface area contributed by atoms with E-state index >= 15 is 0 Å². The predicted octanol–water partition coefficient (Wildman–Crippen LogP) is 4.73. The summed E-state index contributed by atoms with van der Waals surface area (Å²) in [7, 11) is 0. The Kier molecular flexibility index (Phi) is 4.63. The van der Waals surface area contributed by atoms with Gasteiger partial charge in [-0.15, -0.1) is 0 Å². The number of rotatable bonds is 3. The van der Waals surface area contributed by atoms with Gasteiger partial charge in [-0.3, -0.25) is 0 Å². The molecule has 0 aromatic heterocycles. The molecular formula is C15H22BrN. The minimum atomic E-state index is 0.213. The van der Waals surface area contributed by atoms with Gasteiger partial charge in [0.25, 0.3) is 0 Å². The van der Waals surface area contributed by atoms with Crippen LogP contribution in [-0.4, -0.2) is 0 Å². The Morgan fingerprint density at radius 1 is 1.29 bits per heavy atom. The summed E-state index contributed by atoms with van der Waals surface area (Å²) in [4.78, 5) is 0. The van der Waals surface area contributed by atoms with Gasteiger partial charge in [-0.25, -0.2) is 0 Å². The SMILES string of the molecule is Cc1cc(C(N)CC2CCCCC2)ccc1Br. The first-order valence-electron chi connectivity index (χ1n) is 6.68. The largest absolute Gasteiger partial charge is 0.324 e. The second kappa shape index (κ2) is 6.01. The second-order valence-electron chi connectivity index (χ2n) is 5.35. The molecule has 1 aromatic carbocycles. The number of hydrogen-bond acceptors (Lipinski definition) is 1. The molecule has 0 amide bonds. The van der Waals surface area contributed by atoms with Crippen LogP contribution in [0.4, 0.5) is 0 Å². The zero-order valence-electron chi connectivity index (χ0n) is 10.6. The standard InChI is InChI=1S/C15H22BrN/c1-11-9-13(7-8-14(11)16)15(17)10-12-5-3-2-4-6-12/h7-9,12,15H,2-6,10,17H2,1H3. The first kappa shape index (κ1) is 13.1. The molecule has 1 aliphatic rings. The van der Waals surface area contributed by atoms with E-state index in [1.807, 2.05) is 0 Å². The van der Waals surface area contributed by atoms with E-state index in [-0.39, 0.29) is 6.04 Å². The number of nitrogens with two attached hydrogens (primary N) is 1. The molecule has 0 saturated heterocycles. The van der Waals surface area contributed by atoms with Crippen LogP contribution in [0.5, 0.6) is 0 Å². The number of hydrogen-bond donors (Lipinski definition) is 1. The molecule has 0 bridgehead atoms. The predicted molar refractivity (Wildman–Crippen MR) is 77.0 cm³/mol. The van der Waals surface area contributed by atoms with Crippen molar-refractivity contribution >= 4 is 15.9 Å². The zero-order chi connectivity index (χ0) is 12.3. The normalized spacial score (nSPS) is 19.2. The zero-order valence-corrected chi connectivity index (χ0v) is 12.2. The molecule has 0 heterocycles. The van der Waals surface area contributed by atoms with Crippen molar-refractivity contribution in [2.75, 3.05) is 0 Å². The summed E-state index contributed by atoms with van der Waals surface area (Å²) in [6.07, 6.45) is 8.13. The Bertz CT molecular complexity index is 369. The van der Waals surface area contributed by atoms with Crippen molar-refractivity contribution in [3.63, 3.8) is 0 Å². The van der Waals surface area contributed by atoms with Crippen LogP contribution >= 0.6 is 15.9 Å². The van der Waals surface area contributed by atoms with Crippen LogP contribution in [0.25, 0.3) is 0 Å². The van der Waals surface area contributed by atoms with E-state index in [0.29, 0.717) is 0 Å². The monoisotopic (exact) mass is 295 g/mol. The molecule has 0 aliphatic heterocycles. The van der Waals surface area contributed by atoms with E-state index in [9.17, 15) is 0 Å². The minimum Gasteiger partial charge on any atom is -0.324 e. The Morgan fingerprint density at radius 3 is 2.65 bits per heavy atom. The molecule has 0 spiro atoms. The fourth-order valence-electron chi connectivity index (χ4n) is 2.82. The molecule has 0 radical (unpaired) electrons. The minimum absolute atomic E-state index is 0.213. The molecule has 1 atom stereocenters. The summed E-state index contributed by atoms with van der Waals surface area (Å²) >= 11 is 3.54. The maximum Gasteiger partial charge on any atom is 0.0297 e. The fraction of sp³-hybridized carbons (Fsp3) is 0.600. The van der Waals surface area contributed by atoms with Crippen LogP contribution in [0.3, 0.4) is 0 Å². The molecule has 94 valence electrons. The highest BCUT2D eigenvalue weighted by Gasteiger charge is 2.17. The van der Waals surface area contributed by atoms with Crippen LogP contribution in [0.1, 0.15) is 55.7 Å². The summed E-state index contributed by atoms with van der Waals surface area (Å²) in [5.74, 6) is 0.850. The van der Waals surface area contributed by atoms with Crippen molar-refractivity contribution in [1.82, 2.24) is 0 Å². The highest BCUT2D eigenvalue weighted by Crippen LogP contribution is 2.31. The van der Waals surface area contributed by atoms with Gasteiger partial charge in [0.1, 0.15) is 0 Å². The maximum absolute atomic E-state index is 6.33. The molecule has 2 heteroatoms. The molecule has 1 aliphatic carbocycles. The Labute approximate surface area is 113 Å². The van der Waals surface area contributed by atoms with E-state index in [1.54, 1.807) is 0 Å². The topological polar surface area (TPSA) is 26.0 Å².